The summed E-state index contributed by atoms with van der Waals surface area (Å²) in [7, 11) is 0. The molecular formula is C22H28N4. The molecule has 0 bridgehead atoms. The standard InChI is InChI=1S/C22H28N4/c1-18-10-15-26-17-21(24-22(26)16-18)19-6-8-20(9-7-19)23-11-5-14-25-12-3-2-4-13-25/h6-10,15-17,23H,2-5,11-14H2,1H3. The van der Waals surface area contributed by atoms with Crippen molar-refractivity contribution in [2.75, 3.05) is 31.5 Å². The van der Waals surface area contributed by atoms with E-state index in [0.717, 1.165) is 23.4 Å². The van der Waals surface area contributed by atoms with E-state index in [2.05, 4.69) is 70.3 Å². The average Bonchev–Trinajstić information content (AvgIpc) is 3.10. The monoisotopic (exact) mass is 348 g/mol. The number of likely N-dealkylation sites (tertiary alicyclic amines) is 1. The molecule has 0 saturated carbocycles. The molecule has 0 radical (unpaired) electrons. The van der Waals surface area contributed by atoms with Crippen LogP contribution in [0.2, 0.25) is 0 Å². The molecule has 1 N–H and O–H groups in total. The minimum absolute atomic E-state index is 1.000. The average molecular weight is 348 g/mol. The normalized spacial score (nSPS) is 15.4. The van der Waals surface area contributed by atoms with Crippen LogP contribution in [0.1, 0.15) is 31.2 Å². The van der Waals surface area contributed by atoms with Crippen molar-refractivity contribution in [3.05, 3.63) is 54.4 Å². The van der Waals surface area contributed by atoms with Gasteiger partial charge in [0.15, 0.2) is 0 Å². The molecule has 0 aliphatic carbocycles. The van der Waals surface area contributed by atoms with Crippen molar-refractivity contribution < 1.29 is 0 Å². The van der Waals surface area contributed by atoms with Crippen LogP contribution in [0.15, 0.2) is 48.8 Å². The Morgan fingerprint density at radius 2 is 1.85 bits per heavy atom. The Morgan fingerprint density at radius 1 is 1.04 bits per heavy atom. The number of hydrogen-bond acceptors (Lipinski definition) is 3. The lowest BCUT2D eigenvalue weighted by atomic mass is 10.1. The van der Waals surface area contributed by atoms with Gasteiger partial charge in [0.25, 0.3) is 0 Å². The zero-order chi connectivity index (χ0) is 17.8. The molecule has 1 aliphatic rings. The van der Waals surface area contributed by atoms with Crippen molar-refractivity contribution >= 4 is 11.3 Å². The summed E-state index contributed by atoms with van der Waals surface area (Å²) in [6.07, 6.45) is 9.52. The summed E-state index contributed by atoms with van der Waals surface area (Å²) >= 11 is 0. The molecule has 1 fully saturated rings. The Bertz CT molecular complexity index is 844. The number of imidazole rings is 1. The number of aromatic nitrogens is 2. The highest BCUT2D eigenvalue weighted by Crippen LogP contribution is 2.21. The van der Waals surface area contributed by atoms with Gasteiger partial charge in [0.1, 0.15) is 5.65 Å². The van der Waals surface area contributed by atoms with Crippen LogP contribution in [0, 0.1) is 6.92 Å². The van der Waals surface area contributed by atoms with E-state index in [1.807, 2.05) is 0 Å². The minimum Gasteiger partial charge on any atom is -0.385 e. The van der Waals surface area contributed by atoms with Gasteiger partial charge < -0.3 is 14.6 Å². The number of benzene rings is 1. The molecule has 3 aromatic rings. The van der Waals surface area contributed by atoms with Crippen LogP contribution < -0.4 is 5.32 Å². The van der Waals surface area contributed by atoms with Crippen LogP contribution in [-0.4, -0.2) is 40.5 Å². The largest absolute Gasteiger partial charge is 0.385 e. The fourth-order valence-corrected chi connectivity index (χ4v) is 3.70. The third-order valence-corrected chi connectivity index (χ3v) is 5.23. The number of fused-ring (bicyclic) bond motifs is 1. The van der Waals surface area contributed by atoms with E-state index < -0.39 is 0 Å². The number of aryl methyl sites for hydroxylation is 1. The number of nitrogens with zero attached hydrogens (tertiary/aromatic N) is 3. The number of rotatable bonds is 6. The van der Waals surface area contributed by atoms with Gasteiger partial charge in [0.05, 0.1) is 5.69 Å². The second-order valence-corrected chi connectivity index (χ2v) is 7.36. The van der Waals surface area contributed by atoms with Gasteiger partial charge in [0.2, 0.25) is 0 Å². The molecule has 4 rings (SSSR count). The van der Waals surface area contributed by atoms with Gasteiger partial charge in [-0.2, -0.15) is 0 Å². The van der Waals surface area contributed by atoms with Gasteiger partial charge in [-0.05, 0) is 75.6 Å². The molecule has 1 aliphatic heterocycles. The Kier molecular flexibility index (Phi) is 5.21. The van der Waals surface area contributed by atoms with Gasteiger partial charge in [-0.3, -0.25) is 0 Å². The molecule has 1 saturated heterocycles. The number of pyridine rings is 1. The SMILES string of the molecule is Cc1ccn2cc(-c3ccc(NCCCN4CCCCC4)cc3)nc2c1. The fourth-order valence-electron chi connectivity index (χ4n) is 3.70. The van der Waals surface area contributed by atoms with Crippen LogP contribution in [0.4, 0.5) is 5.69 Å². The van der Waals surface area contributed by atoms with Crippen LogP contribution in [0.25, 0.3) is 16.9 Å². The van der Waals surface area contributed by atoms with Crippen molar-refractivity contribution in [2.45, 2.75) is 32.6 Å². The van der Waals surface area contributed by atoms with Gasteiger partial charge in [-0.25, -0.2) is 4.98 Å². The molecule has 0 atom stereocenters. The summed E-state index contributed by atoms with van der Waals surface area (Å²) in [4.78, 5) is 7.33. The lowest BCUT2D eigenvalue weighted by Gasteiger charge is -2.26. The van der Waals surface area contributed by atoms with E-state index in [0.29, 0.717) is 0 Å². The third kappa shape index (κ3) is 4.07. The summed E-state index contributed by atoms with van der Waals surface area (Å²) in [6.45, 7) is 6.91. The summed E-state index contributed by atoms with van der Waals surface area (Å²) in [5, 5.41) is 3.54. The van der Waals surface area contributed by atoms with E-state index in [-0.39, 0.29) is 0 Å². The van der Waals surface area contributed by atoms with Crippen LogP contribution in [0.5, 0.6) is 0 Å². The number of anilines is 1. The maximum atomic E-state index is 4.74. The van der Waals surface area contributed by atoms with Gasteiger partial charge in [0, 0.05) is 30.2 Å². The third-order valence-electron chi connectivity index (χ3n) is 5.23. The zero-order valence-corrected chi connectivity index (χ0v) is 15.6. The van der Waals surface area contributed by atoms with E-state index in [1.54, 1.807) is 0 Å². The first-order chi connectivity index (χ1) is 12.8. The number of hydrogen-bond donors (Lipinski definition) is 1. The highest BCUT2D eigenvalue weighted by atomic mass is 15.1. The van der Waals surface area contributed by atoms with Gasteiger partial charge in [-0.15, -0.1) is 0 Å². The van der Waals surface area contributed by atoms with E-state index in [1.165, 1.54) is 56.6 Å². The Labute approximate surface area is 155 Å². The fraction of sp³-hybridized carbons (Fsp3) is 0.409. The minimum atomic E-state index is 1.000. The number of nitrogens with one attached hydrogen (secondary N) is 1. The Balaban J connectivity index is 1.32. The molecule has 136 valence electrons. The first-order valence-corrected chi connectivity index (χ1v) is 9.80. The van der Waals surface area contributed by atoms with Crippen molar-refractivity contribution in [1.82, 2.24) is 14.3 Å². The van der Waals surface area contributed by atoms with Crippen molar-refractivity contribution in [3.63, 3.8) is 0 Å². The van der Waals surface area contributed by atoms with Crippen LogP contribution in [0.3, 0.4) is 0 Å². The number of piperidine rings is 1. The lowest BCUT2D eigenvalue weighted by Crippen LogP contribution is -2.31. The molecule has 0 spiro atoms. The predicted molar refractivity (Wildman–Crippen MR) is 109 cm³/mol. The molecule has 3 heterocycles. The highest BCUT2D eigenvalue weighted by Gasteiger charge is 2.09. The second-order valence-electron chi connectivity index (χ2n) is 7.36. The first kappa shape index (κ1) is 17.1. The predicted octanol–water partition coefficient (Wildman–Crippen LogP) is 4.60. The van der Waals surface area contributed by atoms with Crippen molar-refractivity contribution in [2.24, 2.45) is 0 Å². The van der Waals surface area contributed by atoms with E-state index in [4.69, 9.17) is 4.98 Å². The lowest BCUT2D eigenvalue weighted by molar-refractivity contribution is 0.228. The highest BCUT2D eigenvalue weighted by molar-refractivity contribution is 5.65. The second kappa shape index (κ2) is 7.92. The zero-order valence-electron chi connectivity index (χ0n) is 15.6. The summed E-state index contributed by atoms with van der Waals surface area (Å²) in [6, 6.07) is 12.8. The van der Waals surface area contributed by atoms with Crippen LogP contribution >= 0.6 is 0 Å². The smallest absolute Gasteiger partial charge is 0.137 e. The molecule has 2 aromatic heterocycles. The molecule has 1 aromatic carbocycles. The summed E-state index contributed by atoms with van der Waals surface area (Å²) < 4.78 is 2.08. The van der Waals surface area contributed by atoms with E-state index in [9.17, 15) is 0 Å². The summed E-state index contributed by atoms with van der Waals surface area (Å²) in [5.74, 6) is 0. The van der Waals surface area contributed by atoms with Crippen molar-refractivity contribution in [3.8, 4) is 11.3 Å². The molecule has 0 amide bonds. The van der Waals surface area contributed by atoms with Gasteiger partial charge in [-0.1, -0.05) is 18.6 Å². The molecule has 4 heteroatoms. The summed E-state index contributed by atoms with van der Waals surface area (Å²) in [5.41, 5.74) is 5.60. The maximum absolute atomic E-state index is 4.74. The van der Waals surface area contributed by atoms with Gasteiger partial charge >= 0.3 is 0 Å². The van der Waals surface area contributed by atoms with E-state index >= 15 is 0 Å². The molecular weight excluding hydrogens is 320 g/mol. The van der Waals surface area contributed by atoms with Crippen LogP contribution in [-0.2, 0) is 0 Å². The Hall–Kier alpha value is -2.33. The molecule has 26 heavy (non-hydrogen) atoms. The maximum Gasteiger partial charge on any atom is 0.137 e. The Morgan fingerprint density at radius 3 is 2.65 bits per heavy atom. The molecule has 4 nitrogen and oxygen atoms in total. The van der Waals surface area contributed by atoms with Crippen molar-refractivity contribution in [1.29, 1.82) is 0 Å². The first-order valence-electron chi connectivity index (χ1n) is 9.80. The topological polar surface area (TPSA) is 32.6 Å². The molecule has 0 unspecified atom stereocenters. The quantitative estimate of drug-likeness (QED) is 0.661.